The Hall–Kier alpha value is -1.95. The molecule has 32 heavy (non-hydrogen) atoms. The Morgan fingerprint density at radius 3 is 2.31 bits per heavy atom. The third-order valence-electron chi connectivity index (χ3n) is 6.11. The number of hydrogen-bond donors (Lipinski definition) is 2. The van der Waals surface area contributed by atoms with Crippen LogP contribution in [-0.4, -0.2) is 36.6 Å². The second-order valence-corrected chi connectivity index (χ2v) is 8.94. The molecule has 0 unspecified atom stereocenters. The number of halogens is 1. The van der Waals surface area contributed by atoms with Crippen molar-refractivity contribution >= 4 is 11.7 Å². The number of nitrogens with one attached hydrogen (secondary N) is 1. The van der Waals surface area contributed by atoms with E-state index >= 15 is 0 Å². The summed E-state index contributed by atoms with van der Waals surface area (Å²) in [6.07, 6.45) is 10.8. The molecule has 0 atom stereocenters. The molecule has 1 aliphatic rings. The topological polar surface area (TPSA) is 75.6 Å². The quantitative estimate of drug-likeness (QED) is 0.378. The highest BCUT2D eigenvalue weighted by Crippen LogP contribution is 2.53. The zero-order chi connectivity index (χ0) is 24.0. The largest absolute Gasteiger partial charge is 0.493 e. The van der Waals surface area contributed by atoms with Gasteiger partial charge in [-0.3, -0.25) is 4.79 Å². The number of carbonyl (C=O) groups excluding carboxylic acids is 2. The molecule has 0 radical (unpaired) electrons. The van der Waals surface area contributed by atoms with E-state index in [0.29, 0.717) is 24.2 Å². The van der Waals surface area contributed by atoms with E-state index in [1.54, 1.807) is 13.0 Å². The van der Waals surface area contributed by atoms with E-state index in [9.17, 15) is 14.0 Å². The summed E-state index contributed by atoms with van der Waals surface area (Å²) in [5.74, 6) is 0.378. The fraction of sp³-hybridized carbons (Fsp3) is 0.692. The molecule has 1 fully saturated rings. The molecule has 1 aliphatic carbocycles. The third-order valence-corrected chi connectivity index (χ3v) is 6.11. The summed E-state index contributed by atoms with van der Waals surface area (Å²) in [5.41, 5.74) is 0.568. The van der Waals surface area contributed by atoms with Crippen LogP contribution in [0.3, 0.4) is 0 Å². The number of carbonyl (C=O) groups is 2. The van der Waals surface area contributed by atoms with Gasteiger partial charge in [0.15, 0.2) is 0 Å². The highest BCUT2D eigenvalue weighted by molar-refractivity contribution is 5.94. The average Bonchev–Trinajstić information content (AvgIpc) is 2.74. The Bertz CT molecular complexity index is 693. The number of aliphatic hydroxyl groups is 1. The van der Waals surface area contributed by atoms with Crippen molar-refractivity contribution in [3.63, 3.8) is 0 Å². The lowest BCUT2D eigenvalue weighted by molar-refractivity contribution is -0.116. The molecule has 0 bridgehead atoms. The number of hydrogen-bond acceptors (Lipinski definition) is 4. The molecule has 2 rings (SSSR count). The third kappa shape index (κ3) is 9.68. The summed E-state index contributed by atoms with van der Waals surface area (Å²) in [4.78, 5) is 21.6. The van der Waals surface area contributed by atoms with Crippen LogP contribution in [0.4, 0.5) is 4.39 Å². The summed E-state index contributed by atoms with van der Waals surface area (Å²) in [6.45, 7) is 8.49. The summed E-state index contributed by atoms with van der Waals surface area (Å²) in [7, 11) is 0. The maximum atomic E-state index is 14.1. The highest BCUT2D eigenvalue weighted by Gasteiger charge is 2.41. The van der Waals surface area contributed by atoms with Crippen molar-refractivity contribution < 1.29 is 23.8 Å². The van der Waals surface area contributed by atoms with Gasteiger partial charge in [0.1, 0.15) is 17.3 Å². The molecule has 2 N–H and O–H groups in total. The van der Waals surface area contributed by atoms with Gasteiger partial charge in [-0.2, -0.15) is 0 Å². The van der Waals surface area contributed by atoms with E-state index in [0.717, 1.165) is 12.3 Å². The predicted octanol–water partition coefficient (Wildman–Crippen LogP) is 5.69. The van der Waals surface area contributed by atoms with Crippen molar-refractivity contribution in [3.05, 3.63) is 29.6 Å². The SMILES string of the molecule is CCC(C)=O.CCCC1(CCC)CC(CCCOc2ccc(C(=O)NCCO)c(F)c2)C1. The first-order chi connectivity index (χ1) is 15.3. The second kappa shape index (κ2) is 15.0. The summed E-state index contributed by atoms with van der Waals surface area (Å²) in [6, 6.07) is 4.30. The lowest BCUT2D eigenvalue weighted by Gasteiger charge is -2.48. The molecular weight excluding hydrogens is 409 g/mol. The van der Waals surface area contributed by atoms with Gasteiger partial charge in [-0.25, -0.2) is 4.39 Å². The van der Waals surface area contributed by atoms with Gasteiger partial charge >= 0.3 is 0 Å². The number of ketones is 1. The Kier molecular flexibility index (Phi) is 13.2. The minimum atomic E-state index is -0.606. The average molecular weight is 452 g/mol. The van der Waals surface area contributed by atoms with Crippen LogP contribution in [0.1, 0.15) is 95.8 Å². The van der Waals surface area contributed by atoms with E-state index in [-0.39, 0.29) is 24.5 Å². The van der Waals surface area contributed by atoms with E-state index < -0.39 is 11.7 Å². The lowest BCUT2D eigenvalue weighted by Crippen LogP contribution is -2.37. The highest BCUT2D eigenvalue weighted by atomic mass is 19.1. The van der Waals surface area contributed by atoms with Crippen LogP contribution in [0.5, 0.6) is 5.75 Å². The monoisotopic (exact) mass is 451 g/mol. The molecule has 5 nitrogen and oxygen atoms in total. The molecule has 1 amide bonds. The number of aliphatic hydroxyl groups excluding tert-OH is 1. The summed E-state index contributed by atoms with van der Waals surface area (Å²) < 4.78 is 19.7. The predicted molar refractivity (Wildman–Crippen MR) is 126 cm³/mol. The van der Waals surface area contributed by atoms with Gasteiger partial charge in [0.05, 0.1) is 18.8 Å². The molecule has 6 heteroatoms. The van der Waals surface area contributed by atoms with Crippen LogP contribution in [0, 0.1) is 17.2 Å². The molecule has 1 saturated carbocycles. The normalized spacial score (nSPS) is 14.7. The molecule has 0 aliphatic heterocycles. The number of ether oxygens (including phenoxy) is 1. The molecule has 1 aromatic carbocycles. The summed E-state index contributed by atoms with van der Waals surface area (Å²) >= 11 is 0. The van der Waals surface area contributed by atoms with Crippen molar-refractivity contribution in [1.29, 1.82) is 0 Å². The van der Waals surface area contributed by atoms with Crippen LogP contribution in [-0.2, 0) is 4.79 Å². The Morgan fingerprint density at radius 1 is 1.19 bits per heavy atom. The second-order valence-electron chi connectivity index (χ2n) is 8.94. The van der Waals surface area contributed by atoms with Gasteiger partial charge in [0.25, 0.3) is 5.91 Å². The first kappa shape index (κ1) is 28.1. The smallest absolute Gasteiger partial charge is 0.254 e. The van der Waals surface area contributed by atoms with E-state index in [1.165, 1.54) is 57.1 Å². The van der Waals surface area contributed by atoms with Crippen LogP contribution < -0.4 is 10.1 Å². The van der Waals surface area contributed by atoms with Crippen molar-refractivity contribution in [1.82, 2.24) is 5.32 Å². The van der Waals surface area contributed by atoms with Crippen LogP contribution >= 0.6 is 0 Å². The Morgan fingerprint density at radius 2 is 1.81 bits per heavy atom. The fourth-order valence-corrected chi connectivity index (χ4v) is 4.56. The number of amides is 1. The number of rotatable bonds is 13. The number of benzene rings is 1. The lowest BCUT2D eigenvalue weighted by atomic mass is 9.57. The molecule has 0 aromatic heterocycles. The minimum Gasteiger partial charge on any atom is -0.493 e. The van der Waals surface area contributed by atoms with E-state index in [4.69, 9.17) is 9.84 Å². The van der Waals surface area contributed by atoms with Crippen molar-refractivity contribution in [2.24, 2.45) is 11.3 Å². The van der Waals surface area contributed by atoms with Gasteiger partial charge < -0.3 is 20.0 Å². The molecule has 1 aromatic rings. The van der Waals surface area contributed by atoms with Gasteiger partial charge in [-0.15, -0.1) is 0 Å². The molecular formula is C26H42FNO4. The van der Waals surface area contributed by atoms with Crippen LogP contribution in [0.15, 0.2) is 18.2 Å². The van der Waals surface area contributed by atoms with Gasteiger partial charge in [0, 0.05) is 19.0 Å². The van der Waals surface area contributed by atoms with E-state index in [2.05, 4.69) is 19.2 Å². The van der Waals surface area contributed by atoms with Gasteiger partial charge in [-0.1, -0.05) is 33.6 Å². The Labute approximate surface area is 193 Å². The standard InChI is InChI=1S/C22H34FNO3.C4H8O/c1-3-9-22(10-4-2)15-17(16-22)6-5-13-27-18-7-8-19(20(23)14-18)21(26)24-11-12-25;1-3-4(2)5/h7-8,14,17,25H,3-6,9-13,15-16H2,1-2H3,(H,24,26);3H2,1-2H3. The molecule has 0 heterocycles. The minimum absolute atomic E-state index is 0.0338. The van der Waals surface area contributed by atoms with Crippen molar-refractivity contribution in [3.8, 4) is 5.75 Å². The van der Waals surface area contributed by atoms with Crippen molar-refractivity contribution in [2.75, 3.05) is 19.8 Å². The Balaban J connectivity index is 0.000000920. The van der Waals surface area contributed by atoms with Gasteiger partial charge in [0.2, 0.25) is 0 Å². The molecule has 0 spiro atoms. The van der Waals surface area contributed by atoms with Crippen LogP contribution in [0.2, 0.25) is 0 Å². The maximum absolute atomic E-state index is 14.1. The first-order valence-corrected chi connectivity index (χ1v) is 12.1. The summed E-state index contributed by atoms with van der Waals surface area (Å²) in [5, 5.41) is 11.2. The van der Waals surface area contributed by atoms with Crippen LogP contribution in [0.25, 0.3) is 0 Å². The fourth-order valence-electron chi connectivity index (χ4n) is 4.56. The number of Topliss-reactive ketones (excluding diaryl/α,β-unsaturated/α-hetero) is 1. The zero-order valence-corrected chi connectivity index (χ0v) is 20.3. The molecule has 182 valence electrons. The van der Waals surface area contributed by atoms with Gasteiger partial charge in [-0.05, 0) is 68.9 Å². The first-order valence-electron chi connectivity index (χ1n) is 12.1. The maximum Gasteiger partial charge on any atom is 0.254 e. The van der Waals surface area contributed by atoms with Crippen molar-refractivity contribution in [2.45, 2.75) is 85.5 Å². The molecule has 0 saturated heterocycles. The van der Waals surface area contributed by atoms with E-state index in [1.807, 2.05) is 6.92 Å². The zero-order valence-electron chi connectivity index (χ0n) is 20.3.